The van der Waals surface area contributed by atoms with E-state index in [1.54, 1.807) is 4.90 Å². The predicted molar refractivity (Wildman–Crippen MR) is 77.0 cm³/mol. The molecule has 1 unspecified atom stereocenters. The highest BCUT2D eigenvalue weighted by Gasteiger charge is 2.36. The molecule has 1 amide bonds. The van der Waals surface area contributed by atoms with E-state index in [0.717, 1.165) is 11.3 Å². The average Bonchev–Trinajstić information content (AvgIpc) is 2.84. The lowest BCUT2D eigenvalue weighted by molar-refractivity contribution is -0.131. The van der Waals surface area contributed by atoms with E-state index < -0.39 is 10.0 Å². The van der Waals surface area contributed by atoms with Gasteiger partial charge in [0, 0.05) is 18.5 Å². The van der Waals surface area contributed by atoms with Crippen LogP contribution in [0, 0.1) is 0 Å². The molecule has 7 nitrogen and oxygen atoms in total. The van der Waals surface area contributed by atoms with Crippen molar-refractivity contribution in [3.05, 3.63) is 6.20 Å². The third-order valence-corrected chi connectivity index (χ3v) is 5.36. The van der Waals surface area contributed by atoms with Crippen molar-refractivity contribution in [2.75, 3.05) is 11.9 Å². The van der Waals surface area contributed by atoms with E-state index in [0.29, 0.717) is 18.1 Å². The van der Waals surface area contributed by atoms with Gasteiger partial charge in [0.1, 0.15) is 0 Å². The quantitative estimate of drug-likeness (QED) is 0.849. The van der Waals surface area contributed by atoms with Gasteiger partial charge in [-0.3, -0.25) is 4.79 Å². The minimum Gasteiger partial charge on any atom is -0.356 e. The largest absolute Gasteiger partial charge is 0.356 e. The number of rotatable bonds is 3. The van der Waals surface area contributed by atoms with E-state index in [2.05, 4.69) is 10.3 Å². The van der Waals surface area contributed by atoms with Crippen LogP contribution in [0.15, 0.2) is 10.4 Å². The summed E-state index contributed by atoms with van der Waals surface area (Å²) in [4.78, 5) is 17.7. The van der Waals surface area contributed by atoms with Gasteiger partial charge in [0.2, 0.25) is 15.9 Å². The fourth-order valence-electron chi connectivity index (χ4n) is 2.08. The molecule has 0 radical (unpaired) electrons. The number of hydrogen-bond acceptors (Lipinski definition) is 6. The fraction of sp³-hybridized carbons (Fsp3) is 0.636. The highest BCUT2D eigenvalue weighted by molar-refractivity contribution is 7.91. The normalized spacial score (nSPS) is 20.5. The maximum atomic E-state index is 11.9. The molecule has 112 valence electrons. The number of nitrogens with zero attached hydrogens (tertiary/aromatic N) is 2. The summed E-state index contributed by atoms with van der Waals surface area (Å²) in [6.45, 7) is 6.52. The predicted octanol–water partition coefficient (Wildman–Crippen LogP) is 0.602. The standard InChI is InChI=1S/C11H18N4O3S2/c1-11(2,3)15-6-7(4-8(15)16)14-10-13-5-9(19-10)20(12,17)18/h5,7H,4,6H2,1-3H3,(H,13,14)(H2,12,17,18). The summed E-state index contributed by atoms with van der Waals surface area (Å²) in [5.41, 5.74) is -0.220. The molecular weight excluding hydrogens is 300 g/mol. The molecule has 20 heavy (non-hydrogen) atoms. The van der Waals surface area contributed by atoms with Gasteiger partial charge in [-0.25, -0.2) is 18.5 Å². The van der Waals surface area contributed by atoms with Gasteiger partial charge in [0.15, 0.2) is 9.34 Å². The van der Waals surface area contributed by atoms with Gasteiger partial charge < -0.3 is 10.2 Å². The van der Waals surface area contributed by atoms with Crippen LogP contribution in [-0.4, -0.2) is 42.3 Å². The van der Waals surface area contributed by atoms with E-state index in [4.69, 9.17) is 5.14 Å². The van der Waals surface area contributed by atoms with E-state index >= 15 is 0 Å². The number of anilines is 1. The Morgan fingerprint density at radius 1 is 1.50 bits per heavy atom. The van der Waals surface area contributed by atoms with E-state index in [1.165, 1.54) is 6.20 Å². The fourth-order valence-corrected chi connectivity index (χ4v) is 3.61. The first-order chi connectivity index (χ1) is 9.07. The van der Waals surface area contributed by atoms with Crippen LogP contribution in [-0.2, 0) is 14.8 Å². The van der Waals surface area contributed by atoms with Gasteiger partial charge in [-0.15, -0.1) is 0 Å². The Balaban J connectivity index is 2.06. The minimum absolute atomic E-state index is 0.0111. The first-order valence-electron chi connectivity index (χ1n) is 6.13. The average molecular weight is 318 g/mol. The summed E-state index contributed by atoms with van der Waals surface area (Å²) in [7, 11) is -3.72. The van der Waals surface area contributed by atoms with Crippen molar-refractivity contribution >= 4 is 32.4 Å². The van der Waals surface area contributed by atoms with Gasteiger partial charge in [-0.2, -0.15) is 0 Å². The SMILES string of the molecule is CC(C)(C)N1CC(Nc2ncc(S(N)(=O)=O)s2)CC1=O. The highest BCUT2D eigenvalue weighted by atomic mass is 32.2. The van der Waals surface area contributed by atoms with Crippen LogP contribution in [0.3, 0.4) is 0 Å². The molecule has 2 heterocycles. The Morgan fingerprint density at radius 3 is 2.60 bits per heavy atom. The number of amides is 1. The maximum Gasteiger partial charge on any atom is 0.249 e. The van der Waals surface area contributed by atoms with Gasteiger partial charge >= 0.3 is 0 Å². The van der Waals surface area contributed by atoms with Crippen molar-refractivity contribution in [1.82, 2.24) is 9.88 Å². The summed E-state index contributed by atoms with van der Waals surface area (Å²) in [5.74, 6) is 0.0817. The third-order valence-electron chi connectivity index (χ3n) is 3.03. The molecule has 0 bridgehead atoms. The van der Waals surface area contributed by atoms with Crippen LogP contribution in [0.25, 0.3) is 0 Å². The maximum absolute atomic E-state index is 11.9. The van der Waals surface area contributed by atoms with Crippen LogP contribution in [0.4, 0.5) is 5.13 Å². The smallest absolute Gasteiger partial charge is 0.249 e. The Labute approximate surface area is 122 Å². The van der Waals surface area contributed by atoms with Gasteiger partial charge in [0.05, 0.1) is 12.2 Å². The van der Waals surface area contributed by atoms with Gasteiger partial charge in [0.25, 0.3) is 0 Å². The number of carbonyl (C=O) groups is 1. The number of aromatic nitrogens is 1. The van der Waals surface area contributed by atoms with Crippen molar-refractivity contribution in [2.45, 2.75) is 43.0 Å². The zero-order valence-corrected chi connectivity index (χ0v) is 13.2. The first kappa shape index (κ1) is 15.2. The van der Waals surface area contributed by atoms with E-state index in [-0.39, 0.29) is 21.7 Å². The van der Waals surface area contributed by atoms with Crippen molar-refractivity contribution < 1.29 is 13.2 Å². The Hall–Kier alpha value is -1.19. The molecule has 3 N–H and O–H groups in total. The van der Waals surface area contributed by atoms with Gasteiger partial charge in [-0.1, -0.05) is 11.3 Å². The minimum atomic E-state index is -3.72. The van der Waals surface area contributed by atoms with Crippen LogP contribution in [0.5, 0.6) is 0 Å². The zero-order valence-electron chi connectivity index (χ0n) is 11.6. The molecule has 2 rings (SSSR count). The summed E-state index contributed by atoms with van der Waals surface area (Å²) < 4.78 is 22.4. The molecule has 0 spiro atoms. The Kier molecular flexibility index (Phi) is 3.78. The molecule has 9 heteroatoms. The molecule has 1 aromatic heterocycles. The highest BCUT2D eigenvalue weighted by Crippen LogP contribution is 2.27. The number of likely N-dealkylation sites (tertiary alicyclic amines) is 1. The van der Waals surface area contributed by atoms with Crippen LogP contribution >= 0.6 is 11.3 Å². The van der Waals surface area contributed by atoms with Crippen molar-refractivity contribution in [3.63, 3.8) is 0 Å². The van der Waals surface area contributed by atoms with Crippen LogP contribution < -0.4 is 10.5 Å². The molecule has 0 aliphatic carbocycles. The number of sulfonamides is 1. The Bertz CT molecular complexity index is 618. The van der Waals surface area contributed by atoms with Gasteiger partial charge in [-0.05, 0) is 20.8 Å². The van der Waals surface area contributed by atoms with Crippen LogP contribution in [0.1, 0.15) is 27.2 Å². The second-order valence-electron chi connectivity index (χ2n) is 5.75. The first-order valence-corrected chi connectivity index (χ1v) is 8.49. The number of thiazole rings is 1. The monoisotopic (exact) mass is 318 g/mol. The molecule has 1 atom stereocenters. The van der Waals surface area contributed by atoms with E-state index in [9.17, 15) is 13.2 Å². The van der Waals surface area contributed by atoms with Crippen LogP contribution in [0.2, 0.25) is 0 Å². The molecule has 1 fully saturated rings. The number of primary sulfonamides is 1. The number of nitrogens with two attached hydrogens (primary N) is 1. The lowest BCUT2D eigenvalue weighted by atomic mass is 10.1. The zero-order chi connectivity index (χ0) is 15.1. The van der Waals surface area contributed by atoms with Crippen molar-refractivity contribution in [3.8, 4) is 0 Å². The molecule has 1 aliphatic heterocycles. The molecule has 1 aromatic rings. The summed E-state index contributed by atoms with van der Waals surface area (Å²) in [5, 5.41) is 8.58. The molecule has 0 saturated carbocycles. The topological polar surface area (TPSA) is 105 Å². The molecule has 1 saturated heterocycles. The summed E-state index contributed by atoms with van der Waals surface area (Å²) >= 11 is 0.972. The van der Waals surface area contributed by atoms with E-state index in [1.807, 2.05) is 20.8 Å². The summed E-state index contributed by atoms with van der Waals surface area (Å²) in [6, 6.07) is -0.0683. The number of carbonyl (C=O) groups excluding carboxylic acids is 1. The second kappa shape index (κ2) is 4.97. The lowest BCUT2D eigenvalue weighted by Crippen LogP contribution is -2.43. The van der Waals surface area contributed by atoms with Crippen molar-refractivity contribution in [2.24, 2.45) is 5.14 Å². The Morgan fingerprint density at radius 2 is 2.15 bits per heavy atom. The molecule has 0 aromatic carbocycles. The molecular formula is C11H18N4O3S2. The number of nitrogens with one attached hydrogen (secondary N) is 1. The van der Waals surface area contributed by atoms with Crippen molar-refractivity contribution in [1.29, 1.82) is 0 Å². The lowest BCUT2D eigenvalue weighted by Gasteiger charge is -2.32. The summed E-state index contributed by atoms with van der Waals surface area (Å²) in [6.07, 6.45) is 1.60. The molecule has 1 aliphatic rings. The second-order valence-corrected chi connectivity index (χ2v) is 8.57. The number of hydrogen-bond donors (Lipinski definition) is 2. The third kappa shape index (κ3) is 3.28.